The van der Waals surface area contributed by atoms with Crippen LogP contribution in [0.1, 0.15) is 23.7 Å². The maximum Gasteiger partial charge on any atom is 0.171 e. The molecular weight excluding hydrogens is 285 g/mol. The Morgan fingerprint density at radius 3 is 2.95 bits per heavy atom. The molecule has 2 atom stereocenters. The zero-order chi connectivity index (χ0) is 13.8. The van der Waals surface area contributed by atoms with Gasteiger partial charge in [0.1, 0.15) is 0 Å². The van der Waals surface area contributed by atoms with Gasteiger partial charge in [0, 0.05) is 16.6 Å². The van der Waals surface area contributed by atoms with Crippen LogP contribution in [-0.4, -0.2) is 31.6 Å². The van der Waals surface area contributed by atoms with E-state index >= 15 is 0 Å². The van der Waals surface area contributed by atoms with Gasteiger partial charge in [-0.1, -0.05) is 30.1 Å². The number of Topliss-reactive ketones (excluding diaryl/α,β-unsaturated/α-hetero) is 1. The van der Waals surface area contributed by atoms with Crippen LogP contribution in [0.15, 0.2) is 18.2 Å². The van der Waals surface area contributed by atoms with Gasteiger partial charge in [0.05, 0.1) is 24.2 Å². The number of carbonyl (C=O) groups is 1. The summed E-state index contributed by atoms with van der Waals surface area (Å²) in [4.78, 5) is 12.5. The predicted octanol–water partition coefficient (Wildman–Crippen LogP) is 3.19. The molecule has 2 rings (SSSR count). The Hall–Kier alpha value is -0.610. The number of carbonyl (C=O) groups excluding carboxylic acids is 1. The Morgan fingerprint density at radius 2 is 2.21 bits per heavy atom. The molecule has 0 saturated carbocycles. The zero-order valence-electron chi connectivity index (χ0n) is 10.8. The molecule has 1 saturated heterocycles. The minimum absolute atomic E-state index is 0.00129. The van der Waals surface area contributed by atoms with Crippen molar-refractivity contribution >= 4 is 29.0 Å². The van der Waals surface area contributed by atoms with Crippen molar-refractivity contribution in [3.63, 3.8) is 0 Å². The van der Waals surface area contributed by atoms with Gasteiger partial charge in [0.15, 0.2) is 5.78 Å². The summed E-state index contributed by atoms with van der Waals surface area (Å²) in [6.45, 7) is 3.96. The molecule has 1 N–H and O–H groups in total. The number of hydrogen-bond acceptors (Lipinski definition) is 3. The molecule has 5 heteroatoms. The van der Waals surface area contributed by atoms with Crippen LogP contribution in [0.4, 0.5) is 0 Å². The summed E-state index contributed by atoms with van der Waals surface area (Å²) >= 11 is 12.0. The molecule has 3 nitrogen and oxygen atoms in total. The SMILES string of the molecule is CCCNC1COCC1C(=O)c1cc(Cl)ccc1Cl. The van der Waals surface area contributed by atoms with Crippen LogP contribution in [0.5, 0.6) is 0 Å². The fourth-order valence-corrected chi connectivity index (χ4v) is 2.61. The van der Waals surface area contributed by atoms with Crippen molar-refractivity contribution in [2.75, 3.05) is 19.8 Å². The highest BCUT2D eigenvalue weighted by Crippen LogP contribution is 2.26. The third kappa shape index (κ3) is 3.48. The molecule has 0 aromatic heterocycles. The van der Waals surface area contributed by atoms with Gasteiger partial charge in [0.2, 0.25) is 0 Å². The molecule has 1 aliphatic heterocycles. The van der Waals surface area contributed by atoms with E-state index in [9.17, 15) is 4.79 Å². The molecule has 1 fully saturated rings. The lowest BCUT2D eigenvalue weighted by Gasteiger charge is -2.18. The number of benzene rings is 1. The molecule has 0 bridgehead atoms. The van der Waals surface area contributed by atoms with Gasteiger partial charge in [-0.2, -0.15) is 0 Å². The lowest BCUT2D eigenvalue weighted by Crippen LogP contribution is -2.39. The van der Waals surface area contributed by atoms with Crippen LogP contribution in [0, 0.1) is 5.92 Å². The number of ether oxygens (including phenoxy) is 1. The van der Waals surface area contributed by atoms with Gasteiger partial charge in [-0.25, -0.2) is 0 Å². The van der Waals surface area contributed by atoms with Crippen molar-refractivity contribution in [3.05, 3.63) is 33.8 Å². The third-order valence-electron chi connectivity index (χ3n) is 3.27. The molecule has 104 valence electrons. The Balaban J connectivity index is 2.16. The number of hydrogen-bond donors (Lipinski definition) is 1. The lowest BCUT2D eigenvalue weighted by atomic mass is 9.93. The minimum Gasteiger partial charge on any atom is -0.379 e. The van der Waals surface area contributed by atoms with Gasteiger partial charge in [0.25, 0.3) is 0 Å². The molecule has 0 radical (unpaired) electrons. The van der Waals surface area contributed by atoms with Gasteiger partial charge in [-0.15, -0.1) is 0 Å². The number of nitrogens with one attached hydrogen (secondary N) is 1. The Morgan fingerprint density at radius 1 is 1.42 bits per heavy atom. The summed E-state index contributed by atoms with van der Waals surface area (Å²) in [5.41, 5.74) is 0.480. The lowest BCUT2D eigenvalue weighted by molar-refractivity contribution is 0.0891. The van der Waals surface area contributed by atoms with Gasteiger partial charge in [-0.3, -0.25) is 4.79 Å². The molecule has 2 unspecified atom stereocenters. The van der Waals surface area contributed by atoms with Crippen molar-refractivity contribution in [1.82, 2.24) is 5.32 Å². The van der Waals surface area contributed by atoms with E-state index < -0.39 is 0 Å². The van der Waals surface area contributed by atoms with E-state index in [0.717, 1.165) is 13.0 Å². The first-order valence-corrected chi connectivity index (χ1v) is 7.19. The fraction of sp³-hybridized carbons (Fsp3) is 0.500. The van der Waals surface area contributed by atoms with Crippen molar-refractivity contribution < 1.29 is 9.53 Å². The quantitative estimate of drug-likeness (QED) is 0.849. The average Bonchev–Trinajstić information content (AvgIpc) is 2.86. The predicted molar refractivity (Wildman–Crippen MR) is 77.2 cm³/mol. The summed E-state index contributed by atoms with van der Waals surface area (Å²) in [6, 6.07) is 5.02. The number of ketones is 1. The Kier molecular flexibility index (Phi) is 5.22. The average molecular weight is 302 g/mol. The highest BCUT2D eigenvalue weighted by molar-refractivity contribution is 6.36. The summed E-state index contributed by atoms with van der Waals surface area (Å²) in [5.74, 6) is -0.193. The van der Waals surface area contributed by atoms with Crippen molar-refractivity contribution in [2.24, 2.45) is 5.92 Å². The molecule has 1 aromatic rings. The Bertz CT molecular complexity index is 465. The second-order valence-electron chi connectivity index (χ2n) is 4.69. The van der Waals surface area contributed by atoms with Crippen LogP contribution in [0.25, 0.3) is 0 Å². The van der Waals surface area contributed by atoms with Crippen molar-refractivity contribution in [3.8, 4) is 0 Å². The van der Waals surface area contributed by atoms with Gasteiger partial charge >= 0.3 is 0 Å². The fourth-order valence-electron chi connectivity index (χ4n) is 2.23. The first kappa shape index (κ1) is 14.8. The zero-order valence-corrected chi connectivity index (χ0v) is 12.3. The minimum atomic E-state index is -0.192. The molecular formula is C14H17Cl2NO2. The maximum atomic E-state index is 12.5. The van der Waals surface area contributed by atoms with Crippen LogP contribution in [0.2, 0.25) is 10.0 Å². The molecule has 0 aliphatic carbocycles. The molecule has 1 aliphatic rings. The van der Waals surface area contributed by atoms with E-state index in [-0.39, 0.29) is 17.7 Å². The highest BCUT2D eigenvalue weighted by Gasteiger charge is 2.34. The summed E-state index contributed by atoms with van der Waals surface area (Å²) < 4.78 is 5.42. The van der Waals surface area contributed by atoms with E-state index in [0.29, 0.717) is 28.8 Å². The van der Waals surface area contributed by atoms with Crippen LogP contribution < -0.4 is 5.32 Å². The summed E-state index contributed by atoms with van der Waals surface area (Å²) in [7, 11) is 0. The first-order chi connectivity index (χ1) is 9.13. The number of rotatable bonds is 5. The van der Waals surface area contributed by atoms with E-state index in [1.165, 1.54) is 0 Å². The number of halogens is 2. The van der Waals surface area contributed by atoms with Gasteiger partial charge < -0.3 is 10.1 Å². The molecule has 0 spiro atoms. The molecule has 1 heterocycles. The summed E-state index contributed by atoms with van der Waals surface area (Å²) in [5, 5.41) is 4.30. The van der Waals surface area contributed by atoms with Crippen LogP contribution >= 0.6 is 23.2 Å². The topological polar surface area (TPSA) is 38.3 Å². The van der Waals surface area contributed by atoms with E-state index in [1.54, 1.807) is 18.2 Å². The van der Waals surface area contributed by atoms with E-state index in [4.69, 9.17) is 27.9 Å². The monoisotopic (exact) mass is 301 g/mol. The first-order valence-electron chi connectivity index (χ1n) is 6.44. The molecule has 1 aromatic carbocycles. The van der Waals surface area contributed by atoms with Crippen LogP contribution in [0.3, 0.4) is 0 Å². The third-order valence-corrected chi connectivity index (χ3v) is 3.83. The van der Waals surface area contributed by atoms with E-state index in [2.05, 4.69) is 12.2 Å². The Labute approximate surface area is 123 Å². The normalized spacial score (nSPS) is 22.7. The standard InChI is InChI=1S/C14H17Cl2NO2/c1-2-5-17-13-8-19-7-11(13)14(18)10-6-9(15)3-4-12(10)16/h3-4,6,11,13,17H,2,5,7-8H2,1H3. The second-order valence-corrected chi connectivity index (χ2v) is 5.54. The maximum absolute atomic E-state index is 12.5. The van der Waals surface area contributed by atoms with Crippen molar-refractivity contribution in [1.29, 1.82) is 0 Å². The smallest absolute Gasteiger partial charge is 0.171 e. The van der Waals surface area contributed by atoms with E-state index in [1.807, 2.05) is 0 Å². The second kappa shape index (κ2) is 6.71. The molecule has 0 amide bonds. The largest absolute Gasteiger partial charge is 0.379 e. The van der Waals surface area contributed by atoms with Crippen LogP contribution in [-0.2, 0) is 4.74 Å². The molecule has 19 heavy (non-hydrogen) atoms. The van der Waals surface area contributed by atoms with Crippen molar-refractivity contribution in [2.45, 2.75) is 19.4 Å². The summed E-state index contributed by atoms with van der Waals surface area (Å²) in [6.07, 6.45) is 1.02. The highest BCUT2D eigenvalue weighted by atomic mass is 35.5. The van der Waals surface area contributed by atoms with Gasteiger partial charge in [-0.05, 0) is 31.2 Å².